The maximum atomic E-state index is 12.2. The van der Waals surface area contributed by atoms with Crippen molar-refractivity contribution in [1.29, 1.82) is 0 Å². The number of thiazole rings is 1. The monoisotopic (exact) mass is 399 g/mol. The van der Waals surface area contributed by atoms with Gasteiger partial charge in [0.2, 0.25) is 0 Å². The van der Waals surface area contributed by atoms with E-state index in [1.165, 1.54) is 29.5 Å². The van der Waals surface area contributed by atoms with Crippen molar-refractivity contribution in [2.45, 2.75) is 13.5 Å². The van der Waals surface area contributed by atoms with Crippen molar-refractivity contribution >= 4 is 33.8 Å². The van der Waals surface area contributed by atoms with Crippen LogP contribution in [0.5, 0.6) is 5.75 Å². The lowest BCUT2D eigenvalue weighted by molar-refractivity contribution is -0.385. The molecule has 0 bridgehead atoms. The van der Waals surface area contributed by atoms with Crippen molar-refractivity contribution in [3.8, 4) is 5.75 Å². The summed E-state index contributed by atoms with van der Waals surface area (Å²) in [7, 11) is 1.61. The minimum Gasteiger partial charge on any atom is -0.497 e. The van der Waals surface area contributed by atoms with Gasteiger partial charge in [-0.05, 0) is 43.3 Å². The second-order valence-electron chi connectivity index (χ2n) is 5.83. The van der Waals surface area contributed by atoms with Gasteiger partial charge in [-0.15, -0.1) is 11.3 Å². The quantitative estimate of drug-likeness (QED) is 0.355. The van der Waals surface area contributed by atoms with Crippen LogP contribution in [0.2, 0.25) is 0 Å². The lowest BCUT2D eigenvalue weighted by Gasteiger charge is -2.05. The van der Waals surface area contributed by atoms with E-state index in [0.717, 1.165) is 11.4 Å². The summed E-state index contributed by atoms with van der Waals surface area (Å²) in [6, 6.07) is 11.5. The first-order valence-electron chi connectivity index (χ1n) is 8.24. The van der Waals surface area contributed by atoms with Crippen LogP contribution in [0.15, 0.2) is 47.8 Å². The third kappa shape index (κ3) is 4.63. The highest BCUT2D eigenvalue weighted by molar-refractivity contribution is 7.13. The number of nitro benzene ring substituents is 1. The zero-order valence-electron chi connectivity index (χ0n) is 15.2. The van der Waals surface area contributed by atoms with Gasteiger partial charge in [0.15, 0.2) is 5.13 Å². The fourth-order valence-corrected chi connectivity index (χ4v) is 3.15. The van der Waals surface area contributed by atoms with Crippen LogP contribution < -0.4 is 10.1 Å². The Bertz CT molecular complexity index is 1000. The van der Waals surface area contributed by atoms with Gasteiger partial charge >= 0.3 is 5.97 Å². The molecule has 2 aromatic carbocycles. The van der Waals surface area contributed by atoms with E-state index in [4.69, 9.17) is 9.47 Å². The predicted molar refractivity (Wildman–Crippen MR) is 105 cm³/mol. The van der Waals surface area contributed by atoms with Crippen molar-refractivity contribution in [3.05, 3.63) is 74.8 Å². The lowest BCUT2D eigenvalue weighted by Crippen LogP contribution is -2.06. The number of anilines is 2. The molecule has 0 aliphatic heterocycles. The standard InChI is InChI=1S/C19H17N3O5S/c1-12-9-13(3-8-17(12)22(24)25)18(23)27-10-15-11-28-19(21-15)20-14-4-6-16(26-2)7-5-14/h3-9,11H,10H2,1-2H3,(H,20,21). The van der Waals surface area contributed by atoms with Crippen LogP contribution in [-0.2, 0) is 11.3 Å². The van der Waals surface area contributed by atoms with Crippen molar-refractivity contribution in [1.82, 2.24) is 4.98 Å². The summed E-state index contributed by atoms with van der Waals surface area (Å²) in [5.41, 5.74) is 2.09. The van der Waals surface area contributed by atoms with Gasteiger partial charge in [0, 0.05) is 22.7 Å². The Hall–Kier alpha value is -3.46. The van der Waals surface area contributed by atoms with Crippen LogP contribution >= 0.6 is 11.3 Å². The smallest absolute Gasteiger partial charge is 0.338 e. The molecule has 0 fully saturated rings. The summed E-state index contributed by atoms with van der Waals surface area (Å²) < 4.78 is 10.4. The number of methoxy groups -OCH3 is 1. The lowest BCUT2D eigenvalue weighted by atomic mass is 10.1. The molecule has 0 saturated carbocycles. The molecule has 144 valence electrons. The van der Waals surface area contributed by atoms with Crippen molar-refractivity contribution in [2.75, 3.05) is 12.4 Å². The summed E-state index contributed by atoms with van der Waals surface area (Å²) in [6.45, 7) is 1.59. The minimum atomic E-state index is -0.560. The molecule has 1 N–H and O–H groups in total. The van der Waals surface area contributed by atoms with E-state index < -0.39 is 10.9 Å². The van der Waals surface area contributed by atoms with E-state index in [1.54, 1.807) is 19.4 Å². The summed E-state index contributed by atoms with van der Waals surface area (Å²) >= 11 is 1.39. The molecule has 0 saturated heterocycles. The van der Waals surface area contributed by atoms with Gasteiger partial charge in [-0.1, -0.05) is 0 Å². The number of aromatic nitrogens is 1. The fourth-order valence-electron chi connectivity index (χ4n) is 2.44. The van der Waals surface area contributed by atoms with Gasteiger partial charge in [0.1, 0.15) is 12.4 Å². The molecule has 0 aliphatic rings. The number of nitrogens with one attached hydrogen (secondary N) is 1. The molecule has 9 heteroatoms. The Morgan fingerprint density at radius 2 is 2.00 bits per heavy atom. The Morgan fingerprint density at radius 3 is 2.64 bits per heavy atom. The second-order valence-corrected chi connectivity index (χ2v) is 6.69. The van der Waals surface area contributed by atoms with Crippen LogP contribution in [-0.4, -0.2) is 23.0 Å². The number of hydrogen-bond donors (Lipinski definition) is 1. The number of carbonyl (C=O) groups is 1. The molecular weight excluding hydrogens is 382 g/mol. The number of rotatable bonds is 7. The largest absolute Gasteiger partial charge is 0.497 e. The van der Waals surface area contributed by atoms with E-state index >= 15 is 0 Å². The second kappa shape index (κ2) is 8.49. The van der Waals surface area contributed by atoms with Crippen LogP contribution in [0.1, 0.15) is 21.6 Å². The number of nitro groups is 1. The number of esters is 1. The van der Waals surface area contributed by atoms with Crippen LogP contribution in [0.25, 0.3) is 0 Å². The first-order chi connectivity index (χ1) is 13.5. The third-order valence-electron chi connectivity index (χ3n) is 3.87. The average molecular weight is 399 g/mol. The highest BCUT2D eigenvalue weighted by atomic mass is 32.1. The average Bonchev–Trinajstić information content (AvgIpc) is 3.13. The third-order valence-corrected chi connectivity index (χ3v) is 4.68. The van der Waals surface area contributed by atoms with E-state index in [2.05, 4.69) is 10.3 Å². The molecule has 0 radical (unpaired) electrons. The molecule has 8 nitrogen and oxygen atoms in total. The number of nitrogens with zero attached hydrogens (tertiary/aromatic N) is 2. The summed E-state index contributed by atoms with van der Waals surface area (Å²) in [5.74, 6) is 0.203. The minimum absolute atomic E-state index is 0.00958. The zero-order chi connectivity index (χ0) is 20.1. The summed E-state index contributed by atoms with van der Waals surface area (Å²) in [4.78, 5) is 26.9. The van der Waals surface area contributed by atoms with Crippen LogP contribution in [0.3, 0.4) is 0 Å². The molecule has 3 aromatic rings. The number of benzene rings is 2. The van der Waals surface area contributed by atoms with Crippen molar-refractivity contribution < 1.29 is 19.2 Å². The number of aryl methyl sites for hydroxylation is 1. The van der Waals surface area contributed by atoms with E-state index in [0.29, 0.717) is 16.4 Å². The molecule has 0 amide bonds. The van der Waals surface area contributed by atoms with Crippen LogP contribution in [0.4, 0.5) is 16.5 Å². The van der Waals surface area contributed by atoms with E-state index in [1.807, 2.05) is 24.3 Å². The summed E-state index contributed by atoms with van der Waals surface area (Å²) in [6.07, 6.45) is 0. The molecule has 1 heterocycles. The maximum Gasteiger partial charge on any atom is 0.338 e. The molecule has 1 aromatic heterocycles. The van der Waals surface area contributed by atoms with Gasteiger partial charge in [-0.25, -0.2) is 9.78 Å². The van der Waals surface area contributed by atoms with Gasteiger partial charge in [0.25, 0.3) is 5.69 Å². The Balaban J connectivity index is 1.58. The Kier molecular flexibility index (Phi) is 5.85. The summed E-state index contributed by atoms with van der Waals surface area (Å²) in [5, 5.41) is 16.5. The van der Waals surface area contributed by atoms with Gasteiger partial charge in [-0.2, -0.15) is 0 Å². The molecule has 0 atom stereocenters. The van der Waals surface area contributed by atoms with Crippen molar-refractivity contribution in [2.24, 2.45) is 0 Å². The molecule has 0 unspecified atom stereocenters. The first kappa shape index (κ1) is 19.3. The topological polar surface area (TPSA) is 104 Å². The molecule has 0 aliphatic carbocycles. The maximum absolute atomic E-state index is 12.2. The highest BCUT2D eigenvalue weighted by Crippen LogP contribution is 2.24. The zero-order valence-corrected chi connectivity index (χ0v) is 16.0. The van der Waals surface area contributed by atoms with E-state index in [-0.39, 0.29) is 17.9 Å². The van der Waals surface area contributed by atoms with Gasteiger partial charge in [0.05, 0.1) is 23.3 Å². The number of hydrogen-bond acceptors (Lipinski definition) is 8. The molecule has 28 heavy (non-hydrogen) atoms. The number of carbonyl (C=O) groups excluding carboxylic acids is 1. The highest BCUT2D eigenvalue weighted by Gasteiger charge is 2.15. The SMILES string of the molecule is COc1ccc(Nc2nc(COC(=O)c3ccc([N+](=O)[O-])c(C)c3)cs2)cc1. The van der Waals surface area contributed by atoms with Gasteiger partial charge < -0.3 is 14.8 Å². The van der Waals surface area contributed by atoms with Crippen LogP contribution in [0, 0.1) is 17.0 Å². The molecular formula is C19H17N3O5S. The van der Waals surface area contributed by atoms with Crippen molar-refractivity contribution in [3.63, 3.8) is 0 Å². The predicted octanol–water partition coefficient (Wildman–Crippen LogP) is 4.47. The first-order valence-corrected chi connectivity index (χ1v) is 9.12. The number of ether oxygens (including phenoxy) is 2. The van der Waals surface area contributed by atoms with Gasteiger partial charge in [-0.3, -0.25) is 10.1 Å². The Morgan fingerprint density at radius 1 is 1.25 bits per heavy atom. The van der Waals surface area contributed by atoms with E-state index in [9.17, 15) is 14.9 Å². The molecule has 0 spiro atoms. The Labute approximate surface area is 164 Å². The fraction of sp³-hybridized carbons (Fsp3) is 0.158. The normalized spacial score (nSPS) is 10.4. The molecule has 3 rings (SSSR count).